The lowest BCUT2D eigenvalue weighted by atomic mass is 10.1. The molecule has 0 aliphatic carbocycles. The van der Waals surface area contributed by atoms with Gasteiger partial charge in [0.15, 0.2) is 0 Å². The number of nitrogens with one attached hydrogen (secondary N) is 1. The smallest absolute Gasteiger partial charge is 0.311 e. The van der Waals surface area contributed by atoms with E-state index in [9.17, 15) is 9.59 Å². The first kappa shape index (κ1) is 16.0. The standard InChI is InChI=1S/C15H22N2O3/c1-4-17(5-2)15(19)14(18)16-10-9-12-7-6-8-13(11-12)20-3/h6-8,11H,4-5,9-10H2,1-3H3,(H,16,18). The predicted octanol–water partition coefficient (Wildman–Crippen LogP) is 1.22. The molecule has 0 saturated heterocycles. The van der Waals surface area contributed by atoms with E-state index >= 15 is 0 Å². The highest BCUT2D eigenvalue weighted by molar-refractivity contribution is 6.34. The summed E-state index contributed by atoms with van der Waals surface area (Å²) in [5.74, 6) is -0.231. The molecule has 0 atom stereocenters. The largest absolute Gasteiger partial charge is 0.497 e. The SMILES string of the molecule is CCN(CC)C(=O)C(=O)NCCc1cccc(OC)c1. The molecule has 0 heterocycles. The molecular weight excluding hydrogens is 256 g/mol. The molecule has 0 aliphatic rings. The molecule has 0 radical (unpaired) electrons. The van der Waals surface area contributed by atoms with E-state index in [1.807, 2.05) is 38.1 Å². The average molecular weight is 278 g/mol. The summed E-state index contributed by atoms with van der Waals surface area (Å²) in [5, 5.41) is 2.65. The van der Waals surface area contributed by atoms with Crippen molar-refractivity contribution in [3.8, 4) is 5.75 Å². The topological polar surface area (TPSA) is 58.6 Å². The molecule has 0 aromatic heterocycles. The van der Waals surface area contributed by atoms with Crippen molar-refractivity contribution >= 4 is 11.8 Å². The van der Waals surface area contributed by atoms with E-state index < -0.39 is 11.8 Å². The first-order chi connectivity index (χ1) is 9.62. The zero-order chi connectivity index (χ0) is 15.0. The minimum absolute atomic E-state index is 0.430. The quantitative estimate of drug-likeness (QED) is 0.796. The van der Waals surface area contributed by atoms with Gasteiger partial charge in [-0.15, -0.1) is 0 Å². The Balaban J connectivity index is 2.43. The van der Waals surface area contributed by atoms with Gasteiger partial charge >= 0.3 is 11.8 Å². The Morgan fingerprint density at radius 1 is 1.25 bits per heavy atom. The van der Waals surface area contributed by atoms with Crippen LogP contribution in [0.25, 0.3) is 0 Å². The number of hydrogen-bond acceptors (Lipinski definition) is 3. The number of amides is 2. The van der Waals surface area contributed by atoms with E-state index in [0.717, 1.165) is 11.3 Å². The lowest BCUT2D eigenvalue weighted by Crippen LogP contribution is -2.43. The lowest BCUT2D eigenvalue weighted by Gasteiger charge is -2.17. The molecule has 2 amide bonds. The zero-order valence-corrected chi connectivity index (χ0v) is 12.3. The molecule has 5 nitrogen and oxygen atoms in total. The van der Waals surface area contributed by atoms with Crippen LogP contribution in [0, 0.1) is 0 Å². The van der Waals surface area contributed by atoms with Gasteiger partial charge in [0.1, 0.15) is 5.75 Å². The molecule has 110 valence electrons. The third-order valence-electron chi connectivity index (χ3n) is 3.08. The summed E-state index contributed by atoms with van der Waals surface area (Å²) in [6.45, 7) is 5.21. The molecule has 20 heavy (non-hydrogen) atoms. The Morgan fingerprint density at radius 2 is 1.95 bits per heavy atom. The normalized spacial score (nSPS) is 9.95. The van der Waals surface area contributed by atoms with Crippen molar-refractivity contribution in [2.24, 2.45) is 0 Å². The Hall–Kier alpha value is -2.04. The van der Waals surface area contributed by atoms with Crippen molar-refractivity contribution in [1.29, 1.82) is 0 Å². The lowest BCUT2D eigenvalue weighted by molar-refractivity contribution is -0.145. The van der Waals surface area contributed by atoms with Crippen LogP contribution in [0.15, 0.2) is 24.3 Å². The number of hydrogen-bond donors (Lipinski definition) is 1. The fraction of sp³-hybridized carbons (Fsp3) is 0.467. The summed E-state index contributed by atoms with van der Waals surface area (Å²) in [5.41, 5.74) is 1.06. The van der Waals surface area contributed by atoms with Gasteiger partial charge in [0, 0.05) is 19.6 Å². The van der Waals surface area contributed by atoms with Gasteiger partial charge in [0.05, 0.1) is 7.11 Å². The van der Waals surface area contributed by atoms with Gasteiger partial charge in [0.25, 0.3) is 0 Å². The number of rotatable bonds is 6. The van der Waals surface area contributed by atoms with Crippen molar-refractivity contribution in [2.45, 2.75) is 20.3 Å². The summed E-state index contributed by atoms with van der Waals surface area (Å²) in [6, 6.07) is 7.64. The molecule has 0 aliphatic heterocycles. The Bertz CT molecular complexity index is 456. The van der Waals surface area contributed by atoms with Crippen molar-refractivity contribution < 1.29 is 14.3 Å². The second-order valence-corrected chi connectivity index (χ2v) is 4.33. The Morgan fingerprint density at radius 3 is 2.55 bits per heavy atom. The molecule has 0 spiro atoms. The fourth-order valence-electron chi connectivity index (χ4n) is 1.88. The van der Waals surface area contributed by atoms with Crippen LogP contribution in [0.3, 0.4) is 0 Å². The number of carbonyl (C=O) groups excluding carboxylic acids is 2. The van der Waals surface area contributed by atoms with E-state index in [-0.39, 0.29) is 0 Å². The molecule has 0 bridgehead atoms. The third-order valence-corrected chi connectivity index (χ3v) is 3.08. The second-order valence-electron chi connectivity index (χ2n) is 4.33. The van der Waals surface area contributed by atoms with Crippen LogP contribution in [0.2, 0.25) is 0 Å². The van der Waals surface area contributed by atoms with E-state index in [4.69, 9.17) is 4.74 Å². The molecule has 0 saturated carbocycles. The van der Waals surface area contributed by atoms with Gasteiger partial charge in [0.2, 0.25) is 0 Å². The summed E-state index contributed by atoms with van der Waals surface area (Å²) in [6.07, 6.45) is 0.661. The summed E-state index contributed by atoms with van der Waals surface area (Å²) >= 11 is 0. The van der Waals surface area contributed by atoms with E-state index in [1.54, 1.807) is 7.11 Å². The van der Waals surface area contributed by atoms with Crippen LogP contribution >= 0.6 is 0 Å². The van der Waals surface area contributed by atoms with E-state index in [2.05, 4.69) is 5.32 Å². The minimum Gasteiger partial charge on any atom is -0.497 e. The van der Waals surface area contributed by atoms with Crippen molar-refractivity contribution in [3.63, 3.8) is 0 Å². The highest BCUT2D eigenvalue weighted by atomic mass is 16.5. The second kappa shape index (κ2) is 8.19. The monoisotopic (exact) mass is 278 g/mol. The van der Waals surface area contributed by atoms with Crippen LogP contribution in [0.4, 0.5) is 0 Å². The molecule has 0 fully saturated rings. The van der Waals surface area contributed by atoms with Gasteiger partial charge in [-0.3, -0.25) is 9.59 Å². The fourth-order valence-corrected chi connectivity index (χ4v) is 1.88. The average Bonchev–Trinajstić information content (AvgIpc) is 2.48. The first-order valence-corrected chi connectivity index (χ1v) is 6.82. The van der Waals surface area contributed by atoms with Crippen LogP contribution in [0.5, 0.6) is 5.75 Å². The summed E-state index contributed by atoms with van der Waals surface area (Å²) in [7, 11) is 1.61. The third kappa shape index (κ3) is 4.57. The number of carbonyl (C=O) groups is 2. The van der Waals surface area contributed by atoms with Crippen LogP contribution in [-0.2, 0) is 16.0 Å². The maximum Gasteiger partial charge on any atom is 0.311 e. The molecule has 1 N–H and O–H groups in total. The molecule has 1 aromatic rings. The highest BCUT2D eigenvalue weighted by Gasteiger charge is 2.18. The molecule has 0 unspecified atom stereocenters. The van der Waals surface area contributed by atoms with Crippen molar-refractivity contribution in [1.82, 2.24) is 10.2 Å². The van der Waals surface area contributed by atoms with E-state index in [1.165, 1.54) is 4.90 Å². The van der Waals surface area contributed by atoms with Gasteiger partial charge in [-0.25, -0.2) is 0 Å². The predicted molar refractivity (Wildman–Crippen MR) is 77.6 cm³/mol. The van der Waals surface area contributed by atoms with Crippen LogP contribution < -0.4 is 10.1 Å². The van der Waals surface area contributed by atoms with E-state index in [0.29, 0.717) is 26.1 Å². The first-order valence-electron chi connectivity index (χ1n) is 6.82. The van der Waals surface area contributed by atoms with Crippen molar-refractivity contribution in [3.05, 3.63) is 29.8 Å². The molecule has 1 rings (SSSR count). The maximum absolute atomic E-state index is 11.7. The number of nitrogens with zero attached hydrogens (tertiary/aromatic N) is 1. The highest BCUT2D eigenvalue weighted by Crippen LogP contribution is 2.12. The molecular formula is C15H22N2O3. The minimum atomic E-state index is -0.545. The number of ether oxygens (including phenoxy) is 1. The summed E-state index contributed by atoms with van der Waals surface area (Å²) < 4.78 is 5.13. The number of methoxy groups -OCH3 is 1. The van der Waals surface area contributed by atoms with Crippen LogP contribution in [0.1, 0.15) is 19.4 Å². The molecule has 5 heteroatoms. The number of likely N-dealkylation sites (N-methyl/N-ethyl adjacent to an activating group) is 1. The number of benzene rings is 1. The Kier molecular flexibility index (Phi) is 6.56. The van der Waals surface area contributed by atoms with Gasteiger partial charge < -0.3 is 15.0 Å². The summed E-state index contributed by atoms with van der Waals surface area (Å²) in [4.78, 5) is 24.9. The maximum atomic E-state index is 11.7. The van der Waals surface area contributed by atoms with Gasteiger partial charge in [-0.2, -0.15) is 0 Å². The molecule has 1 aromatic carbocycles. The van der Waals surface area contributed by atoms with Gasteiger partial charge in [-0.05, 0) is 38.0 Å². The Labute approximate surface area is 119 Å². The van der Waals surface area contributed by atoms with Crippen LogP contribution in [-0.4, -0.2) is 43.5 Å². The zero-order valence-electron chi connectivity index (χ0n) is 12.3. The van der Waals surface area contributed by atoms with Gasteiger partial charge in [-0.1, -0.05) is 12.1 Å². The van der Waals surface area contributed by atoms with Crippen molar-refractivity contribution in [2.75, 3.05) is 26.7 Å².